The highest BCUT2D eigenvalue weighted by Crippen LogP contribution is 2.33. The summed E-state index contributed by atoms with van der Waals surface area (Å²) in [4.78, 5) is 34.8. The Bertz CT molecular complexity index is 1110. The second-order valence-corrected chi connectivity index (χ2v) is 8.67. The second-order valence-electron chi connectivity index (χ2n) is 8.67. The van der Waals surface area contributed by atoms with Crippen molar-refractivity contribution in [1.29, 1.82) is 0 Å². The molecule has 3 aromatic rings. The van der Waals surface area contributed by atoms with E-state index in [1.165, 1.54) is 7.11 Å². The summed E-state index contributed by atoms with van der Waals surface area (Å²) in [6.45, 7) is 4.43. The highest BCUT2D eigenvalue weighted by Gasteiger charge is 2.37. The van der Waals surface area contributed by atoms with Crippen molar-refractivity contribution in [2.24, 2.45) is 5.92 Å². The molecule has 1 aromatic heterocycles. The molecule has 1 aliphatic heterocycles. The molecule has 1 unspecified atom stereocenters. The number of nitrogens with one attached hydrogen (secondary N) is 2. The summed E-state index contributed by atoms with van der Waals surface area (Å²) in [5.74, 6) is 2.08. The molecule has 2 aromatic carbocycles. The van der Waals surface area contributed by atoms with Crippen molar-refractivity contribution in [3.63, 3.8) is 0 Å². The largest absolute Gasteiger partial charge is 0.457 e. The van der Waals surface area contributed by atoms with Crippen LogP contribution in [0.2, 0.25) is 0 Å². The van der Waals surface area contributed by atoms with Crippen molar-refractivity contribution in [2.75, 3.05) is 13.7 Å². The second kappa shape index (κ2) is 10.4. The standard InChI is InChI=1S/C26H30N4O4/c1-17(2)23(29-26(32)33-3)25(31)30-15-7-10-22(30)24-27-16-21(28-24)18-11-13-20(14-12-18)34-19-8-5-4-6-9-19/h4-6,8-9,11-14,16-17,22-23H,7,10,15H2,1-3H3,(H,27,28)(H,29,32)/t22?,23-/m0/s1. The summed E-state index contributed by atoms with van der Waals surface area (Å²) in [7, 11) is 1.29. The molecule has 1 fully saturated rings. The van der Waals surface area contributed by atoms with Crippen molar-refractivity contribution >= 4 is 12.0 Å². The number of H-pyrrole nitrogens is 1. The van der Waals surface area contributed by atoms with Crippen LogP contribution >= 0.6 is 0 Å². The van der Waals surface area contributed by atoms with Gasteiger partial charge in [-0.2, -0.15) is 0 Å². The first kappa shape index (κ1) is 23.4. The molecule has 2 heterocycles. The summed E-state index contributed by atoms with van der Waals surface area (Å²) in [5.41, 5.74) is 1.84. The third-order valence-corrected chi connectivity index (χ3v) is 5.98. The Kier molecular flexibility index (Phi) is 7.15. The number of methoxy groups -OCH3 is 1. The zero-order valence-corrected chi connectivity index (χ0v) is 19.7. The number of ether oxygens (including phenoxy) is 2. The fourth-order valence-corrected chi connectivity index (χ4v) is 4.17. The zero-order chi connectivity index (χ0) is 24.1. The van der Waals surface area contributed by atoms with Crippen LogP contribution in [0, 0.1) is 5.92 Å². The quantitative estimate of drug-likeness (QED) is 0.520. The normalized spacial score (nSPS) is 16.4. The molecule has 34 heavy (non-hydrogen) atoms. The Morgan fingerprint density at radius 3 is 2.47 bits per heavy atom. The van der Waals surface area contributed by atoms with Gasteiger partial charge < -0.3 is 24.7 Å². The third kappa shape index (κ3) is 5.22. The van der Waals surface area contributed by atoms with Gasteiger partial charge in [0.1, 0.15) is 23.4 Å². The fourth-order valence-electron chi connectivity index (χ4n) is 4.17. The molecule has 0 bridgehead atoms. The fraction of sp³-hybridized carbons (Fsp3) is 0.346. The lowest BCUT2D eigenvalue weighted by atomic mass is 10.0. The van der Waals surface area contributed by atoms with Crippen LogP contribution in [0.5, 0.6) is 11.5 Å². The minimum absolute atomic E-state index is 0.0726. The third-order valence-electron chi connectivity index (χ3n) is 5.98. The van der Waals surface area contributed by atoms with Gasteiger partial charge in [0, 0.05) is 6.54 Å². The predicted octanol–water partition coefficient (Wildman–Crippen LogP) is 4.91. The molecule has 2 atom stereocenters. The van der Waals surface area contributed by atoms with Gasteiger partial charge in [0.2, 0.25) is 5.91 Å². The number of likely N-dealkylation sites (tertiary alicyclic amines) is 1. The number of rotatable bonds is 7. The summed E-state index contributed by atoms with van der Waals surface area (Å²) in [5, 5.41) is 2.67. The number of hydrogen-bond donors (Lipinski definition) is 2. The summed E-state index contributed by atoms with van der Waals surface area (Å²) >= 11 is 0. The lowest BCUT2D eigenvalue weighted by molar-refractivity contribution is -0.135. The Hall–Kier alpha value is -3.81. The molecule has 0 spiro atoms. The molecule has 1 aliphatic rings. The number of carbonyl (C=O) groups excluding carboxylic acids is 2. The van der Waals surface area contributed by atoms with Crippen LogP contribution in [0.15, 0.2) is 60.8 Å². The lowest BCUT2D eigenvalue weighted by Crippen LogP contribution is -2.51. The van der Waals surface area contributed by atoms with E-state index in [0.717, 1.165) is 41.4 Å². The number of imidazole rings is 1. The first-order valence-corrected chi connectivity index (χ1v) is 11.5. The molecule has 0 aliphatic carbocycles. The number of para-hydroxylation sites is 1. The van der Waals surface area contributed by atoms with Gasteiger partial charge in [-0.05, 0) is 60.7 Å². The van der Waals surface area contributed by atoms with E-state index >= 15 is 0 Å². The molecule has 4 rings (SSSR count). The molecule has 178 valence electrons. The number of alkyl carbamates (subject to hydrolysis) is 1. The minimum Gasteiger partial charge on any atom is -0.457 e. The van der Waals surface area contributed by atoms with E-state index in [-0.39, 0.29) is 17.9 Å². The molecule has 0 saturated carbocycles. The molecule has 8 heteroatoms. The smallest absolute Gasteiger partial charge is 0.407 e. The van der Waals surface area contributed by atoms with Crippen molar-refractivity contribution < 1.29 is 19.1 Å². The van der Waals surface area contributed by atoms with E-state index in [4.69, 9.17) is 9.47 Å². The maximum atomic E-state index is 13.3. The van der Waals surface area contributed by atoms with E-state index in [1.807, 2.05) is 68.4 Å². The first-order chi connectivity index (χ1) is 16.5. The van der Waals surface area contributed by atoms with Crippen LogP contribution in [-0.4, -0.2) is 46.6 Å². The maximum Gasteiger partial charge on any atom is 0.407 e. The number of aromatic amines is 1. The van der Waals surface area contributed by atoms with E-state index < -0.39 is 12.1 Å². The van der Waals surface area contributed by atoms with E-state index in [9.17, 15) is 9.59 Å². The number of carbonyl (C=O) groups is 2. The summed E-state index contributed by atoms with van der Waals surface area (Å²) < 4.78 is 10.6. The Morgan fingerprint density at radius 2 is 1.79 bits per heavy atom. The average Bonchev–Trinajstić information content (AvgIpc) is 3.53. The monoisotopic (exact) mass is 462 g/mol. The molecular formula is C26H30N4O4. The van der Waals surface area contributed by atoms with E-state index in [0.29, 0.717) is 6.54 Å². The van der Waals surface area contributed by atoms with Crippen LogP contribution in [0.3, 0.4) is 0 Å². The van der Waals surface area contributed by atoms with Crippen LogP contribution in [-0.2, 0) is 9.53 Å². The average molecular weight is 463 g/mol. The van der Waals surface area contributed by atoms with Crippen molar-refractivity contribution in [3.05, 3.63) is 66.6 Å². The number of amides is 2. The van der Waals surface area contributed by atoms with Gasteiger partial charge in [-0.1, -0.05) is 32.0 Å². The molecular weight excluding hydrogens is 432 g/mol. The summed E-state index contributed by atoms with van der Waals surface area (Å²) in [6, 6.07) is 16.6. The number of hydrogen-bond acceptors (Lipinski definition) is 5. The van der Waals surface area contributed by atoms with Gasteiger partial charge in [-0.3, -0.25) is 4.79 Å². The van der Waals surface area contributed by atoms with Gasteiger partial charge in [0.25, 0.3) is 0 Å². The Labute approximate surface area is 199 Å². The van der Waals surface area contributed by atoms with E-state index in [1.54, 1.807) is 11.1 Å². The molecule has 8 nitrogen and oxygen atoms in total. The Morgan fingerprint density at radius 1 is 1.09 bits per heavy atom. The van der Waals surface area contributed by atoms with Crippen LogP contribution in [0.4, 0.5) is 4.79 Å². The lowest BCUT2D eigenvalue weighted by Gasteiger charge is -2.30. The molecule has 2 N–H and O–H groups in total. The van der Waals surface area contributed by atoms with Gasteiger partial charge in [-0.15, -0.1) is 0 Å². The van der Waals surface area contributed by atoms with Crippen LogP contribution in [0.25, 0.3) is 11.3 Å². The highest BCUT2D eigenvalue weighted by atomic mass is 16.5. The van der Waals surface area contributed by atoms with E-state index in [2.05, 4.69) is 15.3 Å². The SMILES string of the molecule is COC(=O)N[C@H](C(=O)N1CCCC1c1ncc(-c2ccc(Oc3ccccc3)cc2)[nH]1)C(C)C. The van der Waals surface area contributed by atoms with Gasteiger partial charge >= 0.3 is 6.09 Å². The van der Waals surface area contributed by atoms with Crippen molar-refractivity contribution in [1.82, 2.24) is 20.2 Å². The Balaban J connectivity index is 1.47. The van der Waals surface area contributed by atoms with Gasteiger partial charge in [0.05, 0.1) is 25.0 Å². The summed E-state index contributed by atoms with van der Waals surface area (Å²) in [6.07, 6.45) is 2.87. The first-order valence-electron chi connectivity index (χ1n) is 11.5. The zero-order valence-electron chi connectivity index (χ0n) is 19.7. The van der Waals surface area contributed by atoms with Gasteiger partial charge in [-0.25, -0.2) is 9.78 Å². The minimum atomic E-state index is -0.653. The molecule has 1 saturated heterocycles. The maximum absolute atomic E-state index is 13.3. The predicted molar refractivity (Wildman–Crippen MR) is 128 cm³/mol. The van der Waals surface area contributed by atoms with Crippen LogP contribution in [0.1, 0.15) is 38.6 Å². The highest BCUT2D eigenvalue weighted by molar-refractivity contribution is 5.86. The number of aromatic nitrogens is 2. The van der Waals surface area contributed by atoms with Crippen LogP contribution < -0.4 is 10.1 Å². The van der Waals surface area contributed by atoms with Crippen molar-refractivity contribution in [2.45, 2.75) is 38.8 Å². The van der Waals surface area contributed by atoms with Crippen molar-refractivity contribution in [3.8, 4) is 22.8 Å². The number of benzene rings is 2. The molecule has 0 radical (unpaired) electrons. The van der Waals surface area contributed by atoms with Gasteiger partial charge in [0.15, 0.2) is 0 Å². The topological polar surface area (TPSA) is 96.6 Å². The number of nitrogens with zero attached hydrogens (tertiary/aromatic N) is 2. The molecule has 2 amide bonds.